The number of nitrogens with one attached hydrogen (secondary N) is 1. The van der Waals surface area contributed by atoms with Crippen LogP contribution in [0.15, 0.2) is 52.4 Å². The van der Waals surface area contributed by atoms with Crippen LogP contribution in [0.25, 0.3) is 0 Å². The van der Waals surface area contributed by atoms with E-state index in [0.29, 0.717) is 21.2 Å². The van der Waals surface area contributed by atoms with E-state index < -0.39 is 16.1 Å². The fourth-order valence-electron chi connectivity index (χ4n) is 2.35. The number of sulfonamides is 1. The van der Waals surface area contributed by atoms with Gasteiger partial charge in [-0.1, -0.05) is 41.4 Å². The van der Waals surface area contributed by atoms with E-state index in [-0.39, 0.29) is 17.3 Å². The molecule has 120 valence electrons. The second kappa shape index (κ2) is 6.13. The van der Waals surface area contributed by atoms with Gasteiger partial charge in [-0.25, -0.2) is 8.42 Å². The first-order valence-electron chi connectivity index (χ1n) is 6.69. The summed E-state index contributed by atoms with van der Waals surface area (Å²) in [4.78, 5) is 4.35. The minimum absolute atomic E-state index is 0.0738. The molecule has 5 nitrogen and oxygen atoms in total. The van der Waals surface area contributed by atoms with Crippen molar-refractivity contribution in [2.75, 3.05) is 6.54 Å². The lowest BCUT2D eigenvalue weighted by molar-refractivity contribution is 0.187. The van der Waals surface area contributed by atoms with Gasteiger partial charge < -0.3 is 5.11 Å². The molecule has 3 rings (SSSR count). The Morgan fingerprint density at radius 2 is 1.74 bits per heavy atom. The van der Waals surface area contributed by atoms with Crippen LogP contribution >= 0.6 is 23.2 Å². The Kier molecular flexibility index (Phi) is 4.33. The number of hydrogen-bond acceptors (Lipinski definition) is 4. The molecule has 0 fully saturated rings. The van der Waals surface area contributed by atoms with Crippen molar-refractivity contribution in [2.45, 2.75) is 11.0 Å². The molecule has 0 amide bonds. The normalized spacial score (nSPS) is 18.5. The highest BCUT2D eigenvalue weighted by Crippen LogP contribution is 2.30. The smallest absolute Gasteiger partial charge is 0.263 e. The zero-order valence-electron chi connectivity index (χ0n) is 11.7. The van der Waals surface area contributed by atoms with Crippen molar-refractivity contribution in [3.8, 4) is 0 Å². The molecule has 2 N–H and O–H groups in total. The predicted molar refractivity (Wildman–Crippen MR) is 89.6 cm³/mol. The number of nitrogens with zero attached hydrogens (tertiary/aromatic N) is 1. The Morgan fingerprint density at radius 1 is 1.09 bits per heavy atom. The van der Waals surface area contributed by atoms with Crippen molar-refractivity contribution in [1.82, 2.24) is 4.72 Å². The van der Waals surface area contributed by atoms with Gasteiger partial charge in [-0.15, -0.1) is 0 Å². The molecule has 1 heterocycles. The standard InChI is InChI=1S/C15H12Cl2N2O3S/c16-10-5-3-6-11(17)14(10)12(20)8-18-15-9-4-1-2-7-13(9)23(21,22)19-15/h1-7,12,20H,8H2,(H,18,19). The Morgan fingerprint density at radius 3 is 2.43 bits per heavy atom. The molecular formula is C15H12Cl2N2O3S. The number of aliphatic imine (C=N–C) groups is 1. The summed E-state index contributed by atoms with van der Waals surface area (Å²) in [7, 11) is -3.60. The van der Waals surface area contributed by atoms with E-state index in [1.807, 2.05) is 0 Å². The van der Waals surface area contributed by atoms with E-state index in [0.717, 1.165) is 0 Å². The first-order valence-corrected chi connectivity index (χ1v) is 8.92. The van der Waals surface area contributed by atoms with Crippen LogP contribution in [-0.2, 0) is 10.0 Å². The van der Waals surface area contributed by atoms with Gasteiger partial charge in [0.2, 0.25) is 0 Å². The number of hydrogen-bond donors (Lipinski definition) is 2. The summed E-state index contributed by atoms with van der Waals surface area (Å²) >= 11 is 12.1. The molecule has 0 radical (unpaired) electrons. The lowest BCUT2D eigenvalue weighted by Gasteiger charge is -2.12. The van der Waals surface area contributed by atoms with E-state index >= 15 is 0 Å². The maximum Gasteiger partial charge on any atom is 0.263 e. The molecule has 23 heavy (non-hydrogen) atoms. The third-order valence-corrected chi connectivity index (χ3v) is 5.47. The lowest BCUT2D eigenvalue weighted by Crippen LogP contribution is -2.23. The van der Waals surface area contributed by atoms with E-state index in [4.69, 9.17) is 23.2 Å². The van der Waals surface area contributed by atoms with Crippen molar-refractivity contribution >= 4 is 39.1 Å². The van der Waals surface area contributed by atoms with Gasteiger partial charge in [-0.2, -0.15) is 0 Å². The van der Waals surface area contributed by atoms with Crippen molar-refractivity contribution in [1.29, 1.82) is 0 Å². The van der Waals surface area contributed by atoms with E-state index in [1.165, 1.54) is 6.07 Å². The van der Waals surface area contributed by atoms with Gasteiger partial charge in [0.25, 0.3) is 10.0 Å². The summed E-state index contributed by atoms with van der Waals surface area (Å²) in [6, 6.07) is 11.4. The lowest BCUT2D eigenvalue weighted by atomic mass is 10.1. The average molecular weight is 371 g/mol. The Labute approximate surface area is 143 Å². The van der Waals surface area contributed by atoms with Crippen LogP contribution in [0.5, 0.6) is 0 Å². The first kappa shape index (κ1) is 16.3. The maximum absolute atomic E-state index is 12.0. The molecule has 0 saturated heterocycles. The van der Waals surface area contributed by atoms with Gasteiger partial charge in [0, 0.05) is 21.2 Å². The quantitative estimate of drug-likeness (QED) is 0.871. The van der Waals surface area contributed by atoms with Gasteiger partial charge in [0.05, 0.1) is 11.4 Å². The van der Waals surface area contributed by atoms with Crippen LogP contribution in [0.2, 0.25) is 10.0 Å². The van der Waals surface area contributed by atoms with Gasteiger partial charge in [0.15, 0.2) is 0 Å². The van der Waals surface area contributed by atoms with Crippen LogP contribution in [0.1, 0.15) is 17.2 Å². The van der Waals surface area contributed by atoms with E-state index in [2.05, 4.69) is 9.71 Å². The molecule has 1 aliphatic rings. The minimum atomic E-state index is -3.60. The van der Waals surface area contributed by atoms with Crippen molar-refractivity contribution in [3.05, 3.63) is 63.6 Å². The summed E-state index contributed by atoms with van der Waals surface area (Å²) in [5, 5.41) is 10.9. The molecular weight excluding hydrogens is 359 g/mol. The predicted octanol–water partition coefficient (Wildman–Crippen LogP) is 2.77. The molecule has 0 spiro atoms. The summed E-state index contributed by atoms with van der Waals surface area (Å²) < 4.78 is 26.4. The fourth-order valence-corrected chi connectivity index (χ4v) is 4.25. The second-order valence-electron chi connectivity index (χ2n) is 4.94. The van der Waals surface area contributed by atoms with E-state index in [9.17, 15) is 13.5 Å². The third-order valence-electron chi connectivity index (χ3n) is 3.42. The average Bonchev–Trinajstić information content (AvgIpc) is 2.77. The molecule has 0 aliphatic carbocycles. The number of benzene rings is 2. The number of aliphatic hydroxyl groups excluding tert-OH is 1. The molecule has 0 aromatic heterocycles. The van der Waals surface area contributed by atoms with Crippen LogP contribution in [-0.4, -0.2) is 25.9 Å². The molecule has 2 aromatic rings. The summed E-state index contributed by atoms with van der Waals surface area (Å²) in [5.74, 6) is 0.197. The summed E-state index contributed by atoms with van der Waals surface area (Å²) in [6.45, 7) is -0.0738. The van der Waals surface area contributed by atoms with Gasteiger partial charge in [-0.3, -0.25) is 9.71 Å². The maximum atomic E-state index is 12.0. The second-order valence-corrected chi connectivity index (χ2v) is 7.41. The highest BCUT2D eigenvalue weighted by atomic mass is 35.5. The molecule has 8 heteroatoms. The molecule has 1 aliphatic heterocycles. The fraction of sp³-hybridized carbons (Fsp3) is 0.133. The largest absolute Gasteiger partial charge is 0.386 e. The van der Waals surface area contributed by atoms with Crippen molar-refractivity contribution < 1.29 is 13.5 Å². The SMILES string of the molecule is O=S1(=O)NC(=NCC(O)c2c(Cl)cccc2Cl)c2ccccc21. The molecule has 0 bridgehead atoms. The molecule has 0 saturated carbocycles. The van der Waals surface area contributed by atoms with E-state index in [1.54, 1.807) is 36.4 Å². The monoisotopic (exact) mass is 370 g/mol. The zero-order valence-corrected chi connectivity index (χ0v) is 14.0. The zero-order chi connectivity index (χ0) is 16.6. The highest BCUT2D eigenvalue weighted by Gasteiger charge is 2.30. The van der Waals surface area contributed by atoms with Crippen LogP contribution in [0.3, 0.4) is 0 Å². The summed E-state index contributed by atoms with van der Waals surface area (Å²) in [6.07, 6.45) is -1.04. The molecule has 1 unspecified atom stereocenters. The minimum Gasteiger partial charge on any atom is -0.386 e. The number of aliphatic hydroxyl groups is 1. The highest BCUT2D eigenvalue weighted by molar-refractivity contribution is 7.90. The van der Waals surface area contributed by atoms with Crippen molar-refractivity contribution in [3.63, 3.8) is 0 Å². The number of rotatable bonds is 3. The first-order chi connectivity index (χ1) is 10.9. The number of halogens is 2. The topological polar surface area (TPSA) is 78.8 Å². The van der Waals surface area contributed by atoms with Gasteiger partial charge >= 0.3 is 0 Å². The Bertz CT molecular complexity index is 877. The van der Waals surface area contributed by atoms with Gasteiger partial charge in [-0.05, 0) is 24.3 Å². The number of amidine groups is 1. The Hall–Kier alpha value is -1.60. The number of fused-ring (bicyclic) bond motifs is 1. The summed E-state index contributed by atoms with van der Waals surface area (Å²) in [5.41, 5.74) is 0.847. The van der Waals surface area contributed by atoms with Crippen LogP contribution < -0.4 is 4.72 Å². The van der Waals surface area contributed by atoms with Crippen molar-refractivity contribution in [2.24, 2.45) is 4.99 Å². The van der Waals surface area contributed by atoms with Crippen LogP contribution in [0.4, 0.5) is 0 Å². The molecule has 2 aromatic carbocycles. The van der Waals surface area contributed by atoms with Gasteiger partial charge in [0.1, 0.15) is 11.9 Å². The Balaban J connectivity index is 1.90. The van der Waals surface area contributed by atoms with Crippen LogP contribution in [0, 0.1) is 0 Å². The molecule has 1 atom stereocenters. The third kappa shape index (κ3) is 3.07.